The maximum atomic E-state index is 11.1. The first-order chi connectivity index (χ1) is 10.1. The van der Waals surface area contributed by atoms with Crippen LogP contribution in [-0.2, 0) is 9.53 Å². The predicted octanol–water partition coefficient (Wildman–Crippen LogP) is 1.55. The maximum absolute atomic E-state index is 11.1. The van der Waals surface area contributed by atoms with Crippen LogP contribution in [0.15, 0.2) is 18.2 Å². The molecule has 2 unspecified atom stereocenters. The van der Waals surface area contributed by atoms with Crippen molar-refractivity contribution in [1.29, 1.82) is 0 Å². The van der Waals surface area contributed by atoms with Gasteiger partial charge >= 0.3 is 5.97 Å². The number of carboxylic acid groups (broad SMARTS) is 1. The number of benzene rings is 1. The van der Waals surface area contributed by atoms with E-state index in [0.717, 1.165) is 5.56 Å². The first-order valence-electron chi connectivity index (χ1n) is 6.87. The van der Waals surface area contributed by atoms with Crippen molar-refractivity contribution in [1.82, 2.24) is 4.90 Å². The van der Waals surface area contributed by atoms with E-state index >= 15 is 0 Å². The van der Waals surface area contributed by atoms with Gasteiger partial charge in [-0.2, -0.15) is 0 Å². The lowest BCUT2D eigenvalue weighted by atomic mass is 10.0. The number of hydrogen-bond donors (Lipinski definition) is 1. The van der Waals surface area contributed by atoms with Crippen molar-refractivity contribution in [2.45, 2.75) is 19.1 Å². The molecule has 1 heterocycles. The molecule has 1 aromatic carbocycles. The highest BCUT2D eigenvalue weighted by Crippen LogP contribution is 2.32. The molecule has 1 fully saturated rings. The van der Waals surface area contributed by atoms with Crippen molar-refractivity contribution in [3.63, 3.8) is 0 Å². The van der Waals surface area contributed by atoms with Gasteiger partial charge in [-0.15, -0.1) is 0 Å². The van der Waals surface area contributed by atoms with Gasteiger partial charge in [-0.25, -0.2) is 4.79 Å². The van der Waals surface area contributed by atoms with E-state index in [-0.39, 0.29) is 6.04 Å². The summed E-state index contributed by atoms with van der Waals surface area (Å²) in [6.45, 7) is 3.56. The Labute approximate surface area is 124 Å². The maximum Gasteiger partial charge on any atom is 0.334 e. The highest BCUT2D eigenvalue weighted by molar-refractivity contribution is 5.72. The molecule has 0 aromatic heterocycles. The number of ether oxygens (including phenoxy) is 3. The lowest BCUT2D eigenvalue weighted by molar-refractivity contribution is -0.157. The van der Waals surface area contributed by atoms with Crippen LogP contribution in [0.1, 0.15) is 18.5 Å². The molecule has 1 N–H and O–H groups in total. The van der Waals surface area contributed by atoms with Crippen molar-refractivity contribution in [3.8, 4) is 11.5 Å². The van der Waals surface area contributed by atoms with Gasteiger partial charge in [0.15, 0.2) is 17.6 Å². The topological polar surface area (TPSA) is 68.2 Å². The number of rotatable bonds is 5. The molecular formula is C15H21NO5. The molecule has 0 amide bonds. The fourth-order valence-corrected chi connectivity index (χ4v) is 2.49. The second-order valence-electron chi connectivity index (χ2n) is 4.98. The van der Waals surface area contributed by atoms with Gasteiger partial charge in [-0.1, -0.05) is 6.07 Å². The van der Waals surface area contributed by atoms with E-state index in [1.54, 1.807) is 14.2 Å². The Morgan fingerprint density at radius 2 is 2.10 bits per heavy atom. The first-order valence-corrected chi connectivity index (χ1v) is 6.87. The van der Waals surface area contributed by atoms with Crippen molar-refractivity contribution >= 4 is 5.97 Å². The van der Waals surface area contributed by atoms with E-state index in [1.807, 2.05) is 25.1 Å². The van der Waals surface area contributed by atoms with E-state index in [1.165, 1.54) is 0 Å². The van der Waals surface area contributed by atoms with Gasteiger partial charge in [-0.05, 0) is 24.6 Å². The number of nitrogens with zero attached hydrogens (tertiary/aromatic N) is 1. The molecule has 0 saturated carbocycles. The third-order valence-corrected chi connectivity index (χ3v) is 3.81. The Hall–Kier alpha value is -1.79. The molecule has 0 radical (unpaired) electrons. The van der Waals surface area contributed by atoms with Crippen LogP contribution in [0.2, 0.25) is 0 Å². The standard InChI is InChI=1S/C15H21NO5/c1-10(16-6-7-21-14(9-16)15(17)18)11-4-5-12(19-2)13(8-11)20-3/h4-5,8,10,14H,6-7,9H2,1-3H3,(H,17,18). The van der Waals surface area contributed by atoms with Gasteiger partial charge in [0, 0.05) is 19.1 Å². The van der Waals surface area contributed by atoms with Crippen LogP contribution in [-0.4, -0.2) is 56.0 Å². The van der Waals surface area contributed by atoms with E-state index in [2.05, 4.69) is 4.90 Å². The van der Waals surface area contributed by atoms with Crippen LogP contribution in [0.25, 0.3) is 0 Å². The average molecular weight is 295 g/mol. The molecule has 2 atom stereocenters. The van der Waals surface area contributed by atoms with Crippen LogP contribution >= 0.6 is 0 Å². The zero-order valence-electron chi connectivity index (χ0n) is 12.5. The molecule has 1 aromatic rings. The minimum Gasteiger partial charge on any atom is -0.493 e. The number of carboxylic acids is 1. The van der Waals surface area contributed by atoms with Crippen LogP contribution in [0, 0.1) is 0 Å². The molecule has 6 nitrogen and oxygen atoms in total. The highest BCUT2D eigenvalue weighted by Gasteiger charge is 2.29. The molecule has 116 valence electrons. The fourth-order valence-electron chi connectivity index (χ4n) is 2.49. The summed E-state index contributed by atoms with van der Waals surface area (Å²) in [5, 5.41) is 9.07. The van der Waals surface area contributed by atoms with Gasteiger partial charge in [0.25, 0.3) is 0 Å². The van der Waals surface area contributed by atoms with Crippen LogP contribution < -0.4 is 9.47 Å². The summed E-state index contributed by atoms with van der Waals surface area (Å²) in [4.78, 5) is 13.2. The van der Waals surface area contributed by atoms with E-state index in [4.69, 9.17) is 19.3 Å². The van der Waals surface area contributed by atoms with Crippen molar-refractivity contribution in [2.75, 3.05) is 33.9 Å². The summed E-state index contributed by atoms with van der Waals surface area (Å²) in [5.74, 6) is 0.433. The third kappa shape index (κ3) is 3.46. The molecule has 21 heavy (non-hydrogen) atoms. The number of carbonyl (C=O) groups is 1. The average Bonchev–Trinajstić information content (AvgIpc) is 2.53. The molecule has 1 saturated heterocycles. The third-order valence-electron chi connectivity index (χ3n) is 3.81. The highest BCUT2D eigenvalue weighted by atomic mass is 16.5. The van der Waals surface area contributed by atoms with E-state index in [0.29, 0.717) is 31.2 Å². The summed E-state index contributed by atoms with van der Waals surface area (Å²) in [6, 6.07) is 5.83. The lowest BCUT2D eigenvalue weighted by Gasteiger charge is -2.35. The van der Waals surface area contributed by atoms with Crippen molar-refractivity contribution in [3.05, 3.63) is 23.8 Å². The second kappa shape index (κ2) is 6.78. The Balaban J connectivity index is 2.15. The minimum atomic E-state index is -0.917. The second-order valence-corrected chi connectivity index (χ2v) is 4.98. The largest absolute Gasteiger partial charge is 0.493 e. The first kappa shape index (κ1) is 15.6. The molecule has 0 bridgehead atoms. The zero-order chi connectivity index (χ0) is 15.4. The summed E-state index contributed by atoms with van der Waals surface area (Å²) in [7, 11) is 3.20. The van der Waals surface area contributed by atoms with Crippen LogP contribution in [0.4, 0.5) is 0 Å². The Kier molecular flexibility index (Phi) is 5.03. The van der Waals surface area contributed by atoms with Crippen LogP contribution in [0.5, 0.6) is 11.5 Å². The SMILES string of the molecule is COc1ccc(C(C)N2CCOC(C(=O)O)C2)cc1OC. The lowest BCUT2D eigenvalue weighted by Crippen LogP contribution is -2.46. The minimum absolute atomic E-state index is 0.0792. The van der Waals surface area contributed by atoms with Gasteiger partial charge in [-0.3, -0.25) is 4.90 Å². The molecular weight excluding hydrogens is 274 g/mol. The molecule has 0 aliphatic carbocycles. The van der Waals surface area contributed by atoms with E-state index in [9.17, 15) is 4.79 Å². The summed E-state index contributed by atoms with van der Waals surface area (Å²) in [5.41, 5.74) is 1.05. The number of aliphatic carboxylic acids is 1. The van der Waals surface area contributed by atoms with Gasteiger partial charge in [0.1, 0.15) is 0 Å². The Morgan fingerprint density at radius 3 is 2.71 bits per heavy atom. The molecule has 0 spiro atoms. The molecule has 6 heteroatoms. The smallest absolute Gasteiger partial charge is 0.334 e. The quantitative estimate of drug-likeness (QED) is 0.889. The normalized spacial score (nSPS) is 20.8. The number of hydrogen-bond acceptors (Lipinski definition) is 5. The van der Waals surface area contributed by atoms with Gasteiger partial charge in [0.2, 0.25) is 0 Å². The van der Waals surface area contributed by atoms with Gasteiger partial charge < -0.3 is 19.3 Å². The predicted molar refractivity (Wildman–Crippen MR) is 76.9 cm³/mol. The van der Waals surface area contributed by atoms with Gasteiger partial charge in [0.05, 0.1) is 20.8 Å². The molecule has 1 aliphatic heterocycles. The molecule has 2 rings (SSSR count). The Bertz CT molecular complexity index is 505. The number of morpholine rings is 1. The molecule has 1 aliphatic rings. The summed E-state index contributed by atoms with van der Waals surface area (Å²) in [6.07, 6.45) is -0.763. The zero-order valence-corrected chi connectivity index (χ0v) is 12.5. The van der Waals surface area contributed by atoms with E-state index < -0.39 is 12.1 Å². The number of methoxy groups -OCH3 is 2. The fraction of sp³-hybridized carbons (Fsp3) is 0.533. The summed E-state index contributed by atoms with van der Waals surface area (Å²) >= 11 is 0. The Morgan fingerprint density at radius 1 is 1.38 bits per heavy atom. The van der Waals surface area contributed by atoms with Crippen molar-refractivity contribution in [2.24, 2.45) is 0 Å². The monoisotopic (exact) mass is 295 g/mol. The van der Waals surface area contributed by atoms with Crippen LogP contribution in [0.3, 0.4) is 0 Å². The summed E-state index contributed by atoms with van der Waals surface area (Å²) < 4.78 is 15.8. The van der Waals surface area contributed by atoms with Crippen molar-refractivity contribution < 1.29 is 24.1 Å².